The first-order valence-corrected chi connectivity index (χ1v) is 6.90. The number of benzene rings is 1. The molecule has 1 N–H and O–H groups in total. The molecule has 0 unspecified atom stereocenters. The van der Waals surface area contributed by atoms with E-state index in [9.17, 15) is 0 Å². The highest BCUT2D eigenvalue weighted by Gasteiger charge is 2.17. The number of rotatable bonds is 3. The second-order valence-electron chi connectivity index (χ2n) is 5.82. The topological polar surface area (TPSA) is 21.3 Å². The van der Waals surface area contributed by atoms with E-state index in [0.717, 1.165) is 36.3 Å². The third kappa shape index (κ3) is 3.46. The molecule has 0 saturated heterocycles. The minimum Gasteiger partial charge on any atom is -0.493 e. The number of hydrogen-bond donors (Lipinski definition) is 1. The lowest BCUT2D eigenvalue weighted by Gasteiger charge is -2.19. The second kappa shape index (κ2) is 4.99. The first-order chi connectivity index (χ1) is 7.96. The summed E-state index contributed by atoms with van der Waals surface area (Å²) >= 11 is 3.56. The van der Waals surface area contributed by atoms with Gasteiger partial charge >= 0.3 is 0 Å². The molecular formula is C14H20BrNO. The van der Waals surface area contributed by atoms with Crippen LogP contribution in [0.1, 0.15) is 31.9 Å². The minimum absolute atomic E-state index is 0.316. The molecule has 0 spiro atoms. The van der Waals surface area contributed by atoms with Gasteiger partial charge in [-0.3, -0.25) is 0 Å². The predicted octanol–water partition coefficient (Wildman–Crippen LogP) is 3.52. The molecule has 0 radical (unpaired) electrons. The van der Waals surface area contributed by atoms with E-state index in [-0.39, 0.29) is 0 Å². The van der Waals surface area contributed by atoms with E-state index in [1.54, 1.807) is 0 Å². The van der Waals surface area contributed by atoms with Gasteiger partial charge in [-0.2, -0.15) is 0 Å². The van der Waals surface area contributed by atoms with Crippen LogP contribution < -0.4 is 10.1 Å². The Morgan fingerprint density at radius 1 is 1.35 bits per heavy atom. The number of hydrogen-bond acceptors (Lipinski definition) is 2. The highest BCUT2D eigenvalue weighted by atomic mass is 79.9. The van der Waals surface area contributed by atoms with E-state index in [0.29, 0.717) is 5.41 Å². The lowest BCUT2D eigenvalue weighted by molar-refractivity contribution is 0.347. The van der Waals surface area contributed by atoms with Crippen LogP contribution in [0.5, 0.6) is 5.75 Å². The molecule has 2 rings (SSSR count). The molecule has 0 aromatic heterocycles. The van der Waals surface area contributed by atoms with E-state index in [4.69, 9.17) is 4.74 Å². The predicted molar refractivity (Wildman–Crippen MR) is 74.5 cm³/mol. The van der Waals surface area contributed by atoms with Gasteiger partial charge in [-0.05, 0) is 23.1 Å². The van der Waals surface area contributed by atoms with Crippen molar-refractivity contribution in [3.8, 4) is 5.75 Å². The molecule has 0 bridgehead atoms. The minimum atomic E-state index is 0.316. The summed E-state index contributed by atoms with van der Waals surface area (Å²) in [6.45, 7) is 9.41. The molecule has 1 aromatic carbocycles. The van der Waals surface area contributed by atoms with Crippen LogP contribution in [-0.4, -0.2) is 13.2 Å². The zero-order valence-electron chi connectivity index (χ0n) is 10.8. The van der Waals surface area contributed by atoms with Gasteiger partial charge in [-0.15, -0.1) is 0 Å². The van der Waals surface area contributed by atoms with Crippen LogP contribution in [0.3, 0.4) is 0 Å². The zero-order valence-corrected chi connectivity index (χ0v) is 12.4. The van der Waals surface area contributed by atoms with Crippen molar-refractivity contribution in [3.05, 3.63) is 27.7 Å². The third-order valence-electron chi connectivity index (χ3n) is 2.80. The monoisotopic (exact) mass is 297 g/mol. The van der Waals surface area contributed by atoms with Gasteiger partial charge in [-0.25, -0.2) is 0 Å². The third-order valence-corrected chi connectivity index (χ3v) is 3.25. The molecule has 94 valence electrons. The van der Waals surface area contributed by atoms with E-state index < -0.39 is 0 Å². The maximum Gasteiger partial charge on any atom is 0.127 e. The van der Waals surface area contributed by atoms with Gasteiger partial charge in [0.15, 0.2) is 0 Å². The normalized spacial score (nSPS) is 14.6. The maximum atomic E-state index is 5.71. The first-order valence-electron chi connectivity index (χ1n) is 6.10. The summed E-state index contributed by atoms with van der Waals surface area (Å²) in [4.78, 5) is 0. The van der Waals surface area contributed by atoms with Crippen LogP contribution in [0.15, 0.2) is 16.6 Å². The Morgan fingerprint density at radius 2 is 2.12 bits per heavy atom. The summed E-state index contributed by atoms with van der Waals surface area (Å²) < 4.78 is 6.85. The smallest absolute Gasteiger partial charge is 0.127 e. The van der Waals surface area contributed by atoms with Gasteiger partial charge < -0.3 is 10.1 Å². The van der Waals surface area contributed by atoms with E-state index in [1.807, 2.05) is 0 Å². The average molecular weight is 298 g/mol. The molecule has 0 atom stereocenters. The highest BCUT2D eigenvalue weighted by Crippen LogP contribution is 2.32. The summed E-state index contributed by atoms with van der Waals surface area (Å²) in [5.41, 5.74) is 2.90. The van der Waals surface area contributed by atoms with Crippen molar-refractivity contribution >= 4 is 15.9 Å². The maximum absolute atomic E-state index is 5.71. The highest BCUT2D eigenvalue weighted by molar-refractivity contribution is 9.10. The quantitative estimate of drug-likeness (QED) is 0.922. The van der Waals surface area contributed by atoms with Crippen LogP contribution in [0.25, 0.3) is 0 Å². The molecule has 17 heavy (non-hydrogen) atoms. The standard InChI is InChI=1S/C14H20BrNO/c1-14(2,3)9-16-8-11-7-12(15)6-10-4-5-17-13(10)11/h6-7,16H,4-5,8-9H2,1-3H3. The zero-order chi connectivity index (χ0) is 12.5. The van der Waals surface area contributed by atoms with Gasteiger partial charge in [0.05, 0.1) is 6.61 Å². The summed E-state index contributed by atoms with van der Waals surface area (Å²) in [5, 5.41) is 3.50. The fraction of sp³-hybridized carbons (Fsp3) is 0.571. The van der Waals surface area contributed by atoms with E-state index in [1.165, 1.54) is 11.1 Å². The Balaban J connectivity index is 2.06. The second-order valence-corrected chi connectivity index (χ2v) is 6.73. The molecule has 1 aliphatic rings. The molecule has 0 aliphatic carbocycles. The van der Waals surface area contributed by atoms with Gasteiger partial charge in [0.25, 0.3) is 0 Å². The Hall–Kier alpha value is -0.540. The van der Waals surface area contributed by atoms with Crippen molar-refractivity contribution in [3.63, 3.8) is 0 Å². The molecule has 3 heteroatoms. The van der Waals surface area contributed by atoms with Gasteiger partial charge in [0.1, 0.15) is 5.75 Å². The summed E-state index contributed by atoms with van der Waals surface area (Å²) in [7, 11) is 0. The van der Waals surface area contributed by atoms with Crippen molar-refractivity contribution in [2.45, 2.75) is 33.7 Å². The number of fused-ring (bicyclic) bond motifs is 1. The van der Waals surface area contributed by atoms with Crippen LogP contribution in [0, 0.1) is 5.41 Å². The summed E-state index contributed by atoms with van der Waals surface area (Å²) in [6.07, 6.45) is 1.03. The first kappa shape index (κ1) is 12.9. The fourth-order valence-electron chi connectivity index (χ4n) is 2.05. The number of nitrogens with one attached hydrogen (secondary N) is 1. The van der Waals surface area contributed by atoms with Crippen molar-refractivity contribution in [2.75, 3.05) is 13.2 Å². The van der Waals surface area contributed by atoms with Crippen LogP contribution >= 0.6 is 15.9 Å². The Kier molecular flexibility index (Phi) is 3.79. The Morgan fingerprint density at radius 3 is 2.82 bits per heavy atom. The average Bonchev–Trinajstić information content (AvgIpc) is 2.63. The SMILES string of the molecule is CC(C)(C)CNCc1cc(Br)cc2c1OCC2. The van der Waals surface area contributed by atoms with Crippen molar-refractivity contribution in [2.24, 2.45) is 5.41 Å². The van der Waals surface area contributed by atoms with Crippen LogP contribution in [-0.2, 0) is 13.0 Å². The molecular weight excluding hydrogens is 278 g/mol. The van der Waals surface area contributed by atoms with Crippen LogP contribution in [0.4, 0.5) is 0 Å². The number of halogens is 1. The lowest BCUT2D eigenvalue weighted by atomic mass is 9.97. The molecule has 0 amide bonds. The Labute approximate surface area is 112 Å². The van der Waals surface area contributed by atoms with Gasteiger partial charge in [-0.1, -0.05) is 36.7 Å². The molecule has 1 heterocycles. The summed E-state index contributed by atoms with van der Waals surface area (Å²) in [6, 6.07) is 4.31. The molecule has 0 saturated carbocycles. The van der Waals surface area contributed by atoms with E-state index >= 15 is 0 Å². The fourth-order valence-corrected chi connectivity index (χ4v) is 2.60. The molecule has 1 aliphatic heterocycles. The molecule has 2 nitrogen and oxygen atoms in total. The largest absolute Gasteiger partial charge is 0.493 e. The van der Waals surface area contributed by atoms with Crippen molar-refractivity contribution in [1.82, 2.24) is 5.32 Å². The molecule has 1 aromatic rings. The van der Waals surface area contributed by atoms with Crippen LogP contribution in [0.2, 0.25) is 0 Å². The number of ether oxygens (including phenoxy) is 1. The van der Waals surface area contributed by atoms with Crippen molar-refractivity contribution < 1.29 is 4.74 Å². The van der Waals surface area contributed by atoms with Gasteiger partial charge in [0, 0.05) is 29.5 Å². The summed E-state index contributed by atoms with van der Waals surface area (Å²) in [5.74, 6) is 1.09. The molecule has 0 fully saturated rings. The van der Waals surface area contributed by atoms with E-state index in [2.05, 4.69) is 54.2 Å². The van der Waals surface area contributed by atoms with Gasteiger partial charge in [0.2, 0.25) is 0 Å². The van der Waals surface area contributed by atoms with Crippen molar-refractivity contribution in [1.29, 1.82) is 0 Å². The lowest BCUT2D eigenvalue weighted by Crippen LogP contribution is -2.26. The Bertz CT molecular complexity index is 409.